The van der Waals surface area contributed by atoms with Gasteiger partial charge in [-0.1, -0.05) is 0 Å². The minimum Gasteiger partial charge on any atom is -0.260 e. The van der Waals surface area contributed by atoms with E-state index in [2.05, 4.69) is 31.1 Å². The number of fused-ring (bicyclic) bond motifs is 1. The molecule has 2 aromatic heterocycles. The third-order valence-corrected chi connectivity index (χ3v) is 2.66. The van der Waals surface area contributed by atoms with E-state index in [-0.39, 0.29) is 5.03 Å². The molecule has 13 heavy (non-hydrogen) atoms. The van der Waals surface area contributed by atoms with Gasteiger partial charge >= 0.3 is 0 Å². The summed E-state index contributed by atoms with van der Waals surface area (Å²) in [5.74, 6) is 0. The fraction of sp³-hybridized carbons (Fsp3) is 0. The summed E-state index contributed by atoms with van der Waals surface area (Å²) in [5.41, 5.74) is 0.470. The first kappa shape index (κ1) is 8.64. The topological polar surface area (TPSA) is 75.7 Å². The van der Waals surface area contributed by atoms with Gasteiger partial charge in [-0.2, -0.15) is 5.10 Å². The van der Waals surface area contributed by atoms with E-state index in [1.54, 1.807) is 12.3 Å². The Balaban J connectivity index is 2.86. The number of rotatable bonds is 1. The quantitative estimate of drug-likeness (QED) is 0.741. The average molecular weight is 262 g/mol. The maximum Gasteiger partial charge on any atom is 0.188 e. The van der Waals surface area contributed by atoms with Crippen molar-refractivity contribution < 1.29 is 8.42 Å². The van der Waals surface area contributed by atoms with E-state index < -0.39 is 10.7 Å². The highest BCUT2D eigenvalue weighted by atomic mass is 79.9. The van der Waals surface area contributed by atoms with Gasteiger partial charge in [0.15, 0.2) is 21.4 Å². The summed E-state index contributed by atoms with van der Waals surface area (Å²) in [6.07, 6.45) is 1.57. The van der Waals surface area contributed by atoms with Gasteiger partial charge in [-0.25, -0.2) is 13.4 Å². The second-order valence-electron chi connectivity index (χ2n) is 2.35. The van der Waals surface area contributed by atoms with E-state index in [4.69, 9.17) is 0 Å². The normalized spacial score (nSPS) is 11.2. The predicted molar refractivity (Wildman–Crippen MR) is 50.2 cm³/mol. The Morgan fingerprint density at radius 2 is 2.23 bits per heavy atom. The molecule has 0 fully saturated rings. The van der Waals surface area contributed by atoms with Crippen LogP contribution in [0.25, 0.3) is 11.0 Å². The molecule has 2 rings (SSSR count). The van der Waals surface area contributed by atoms with Crippen LogP contribution in [0.1, 0.15) is 0 Å². The summed E-state index contributed by atoms with van der Waals surface area (Å²) in [6.45, 7) is 0. The first-order valence-electron chi connectivity index (χ1n) is 3.32. The molecule has 0 aliphatic carbocycles. The summed E-state index contributed by atoms with van der Waals surface area (Å²) < 4.78 is 22.1. The predicted octanol–water partition coefficient (Wildman–Crippen LogP) is 0.691. The van der Waals surface area contributed by atoms with Gasteiger partial charge in [-0.3, -0.25) is 5.10 Å². The van der Waals surface area contributed by atoms with Crippen LogP contribution in [0.4, 0.5) is 0 Å². The Morgan fingerprint density at radius 3 is 2.92 bits per heavy atom. The molecule has 0 amide bonds. The van der Waals surface area contributed by atoms with Crippen LogP contribution >= 0.6 is 15.9 Å². The zero-order chi connectivity index (χ0) is 9.42. The fourth-order valence-corrected chi connectivity index (χ4v) is 1.83. The number of hydrogen-bond donors (Lipinski definition) is 2. The van der Waals surface area contributed by atoms with Gasteiger partial charge in [0.2, 0.25) is 0 Å². The molecule has 0 saturated carbocycles. The van der Waals surface area contributed by atoms with E-state index in [0.717, 1.165) is 4.47 Å². The second-order valence-corrected chi connectivity index (χ2v) is 4.21. The molecule has 0 radical (unpaired) electrons. The van der Waals surface area contributed by atoms with Crippen molar-refractivity contribution in [1.29, 1.82) is 0 Å². The van der Waals surface area contributed by atoms with Crippen molar-refractivity contribution in [3.8, 4) is 0 Å². The fourth-order valence-electron chi connectivity index (χ4n) is 1.00. The summed E-state index contributed by atoms with van der Waals surface area (Å²) in [7, 11) is -2.67. The molecular weight excluding hydrogens is 258 g/mol. The molecule has 0 unspecified atom stereocenters. The van der Waals surface area contributed by atoms with E-state index in [1.165, 1.54) is 0 Å². The lowest BCUT2D eigenvalue weighted by Gasteiger charge is -1.88. The molecule has 7 heteroatoms. The number of thiol groups is 1. The van der Waals surface area contributed by atoms with Crippen LogP contribution in [-0.4, -0.2) is 23.6 Å². The summed E-state index contributed by atoms with van der Waals surface area (Å²) in [4.78, 5) is 3.95. The summed E-state index contributed by atoms with van der Waals surface area (Å²) in [5, 5.41) is 6.69. The molecular formula is C6H4BrN3O2S. The number of aromatic nitrogens is 3. The highest BCUT2D eigenvalue weighted by Crippen LogP contribution is 2.19. The molecule has 0 aliphatic heterocycles. The van der Waals surface area contributed by atoms with Crippen LogP contribution < -0.4 is 0 Å². The Labute approximate surface area is 83.3 Å². The van der Waals surface area contributed by atoms with Gasteiger partial charge in [-0.15, -0.1) is 0 Å². The van der Waals surface area contributed by atoms with E-state index >= 15 is 0 Å². The van der Waals surface area contributed by atoms with Crippen LogP contribution in [0.2, 0.25) is 0 Å². The summed E-state index contributed by atoms with van der Waals surface area (Å²) >= 11 is 3.20. The van der Waals surface area contributed by atoms with Crippen molar-refractivity contribution in [3.05, 3.63) is 16.7 Å². The molecule has 0 atom stereocenters. The molecule has 0 aromatic carbocycles. The number of H-pyrrole nitrogens is 1. The van der Waals surface area contributed by atoms with Crippen molar-refractivity contribution in [2.75, 3.05) is 0 Å². The number of halogens is 1. The maximum atomic E-state index is 10.7. The first-order valence-corrected chi connectivity index (χ1v) is 5.29. The third kappa shape index (κ3) is 1.44. The van der Waals surface area contributed by atoms with Gasteiger partial charge in [0.1, 0.15) is 0 Å². The first-order chi connectivity index (χ1) is 6.18. The molecule has 0 spiro atoms. The Kier molecular flexibility index (Phi) is 2.04. The minimum atomic E-state index is -2.67. The molecule has 5 nitrogen and oxygen atoms in total. The molecule has 2 aromatic rings. The standard InChI is InChI=1S/C6H4BrN3O2S/c7-3-1-4-5(8-2-3)9-10-6(4)13(11)12/h1-2,13H,(H,8,9,10). The van der Waals surface area contributed by atoms with Gasteiger partial charge in [0.25, 0.3) is 0 Å². The molecule has 0 saturated heterocycles. The number of hydrogen-bond acceptors (Lipinski definition) is 4. The lowest BCUT2D eigenvalue weighted by Crippen LogP contribution is -1.80. The molecule has 1 N–H and O–H groups in total. The number of aromatic amines is 1. The van der Waals surface area contributed by atoms with Crippen LogP contribution in [-0.2, 0) is 10.7 Å². The molecule has 0 aliphatic rings. The zero-order valence-corrected chi connectivity index (χ0v) is 8.67. The third-order valence-electron chi connectivity index (χ3n) is 1.54. The van der Waals surface area contributed by atoms with Crippen LogP contribution in [0.3, 0.4) is 0 Å². The van der Waals surface area contributed by atoms with Crippen LogP contribution in [0.15, 0.2) is 21.8 Å². The maximum absolute atomic E-state index is 10.7. The molecule has 2 heterocycles. The number of nitrogens with one attached hydrogen (secondary N) is 1. The van der Waals surface area contributed by atoms with Gasteiger partial charge < -0.3 is 0 Å². The van der Waals surface area contributed by atoms with Gasteiger partial charge in [0, 0.05) is 10.7 Å². The average Bonchev–Trinajstić information content (AvgIpc) is 2.46. The van der Waals surface area contributed by atoms with Crippen molar-refractivity contribution in [3.63, 3.8) is 0 Å². The van der Waals surface area contributed by atoms with Crippen molar-refractivity contribution in [2.45, 2.75) is 5.03 Å². The van der Waals surface area contributed by atoms with E-state index in [0.29, 0.717) is 11.0 Å². The largest absolute Gasteiger partial charge is 0.260 e. The van der Waals surface area contributed by atoms with Crippen LogP contribution in [0, 0.1) is 0 Å². The van der Waals surface area contributed by atoms with Crippen LogP contribution in [0.5, 0.6) is 0 Å². The smallest absolute Gasteiger partial charge is 0.188 e. The summed E-state index contributed by atoms with van der Waals surface area (Å²) in [6, 6.07) is 1.66. The lowest BCUT2D eigenvalue weighted by atomic mass is 10.4. The number of pyridine rings is 1. The molecule has 0 bridgehead atoms. The van der Waals surface area contributed by atoms with Gasteiger partial charge in [-0.05, 0) is 22.0 Å². The Hall–Kier alpha value is -0.950. The van der Waals surface area contributed by atoms with Crippen molar-refractivity contribution in [1.82, 2.24) is 15.2 Å². The van der Waals surface area contributed by atoms with Crippen molar-refractivity contribution in [2.24, 2.45) is 0 Å². The Morgan fingerprint density at radius 1 is 1.46 bits per heavy atom. The SMILES string of the molecule is O=[SH](=O)c1n[nH]c2ncc(Br)cc12. The van der Waals surface area contributed by atoms with Crippen molar-refractivity contribution >= 4 is 37.7 Å². The lowest BCUT2D eigenvalue weighted by molar-refractivity contribution is 0.611. The second kappa shape index (κ2) is 3.08. The molecule has 68 valence electrons. The Bertz CT molecular complexity index is 526. The van der Waals surface area contributed by atoms with E-state index in [9.17, 15) is 8.42 Å². The van der Waals surface area contributed by atoms with Gasteiger partial charge in [0.05, 0.1) is 5.39 Å². The number of nitrogens with zero attached hydrogens (tertiary/aromatic N) is 2. The zero-order valence-electron chi connectivity index (χ0n) is 6.19. The highest BCUT2D eigenvalue weighted by molar-refractivity contribution is 9.10. The highest BCUT2D eigenvalue weighted by Gasteiger charge is 2.08. The van der Waals surface area contributed by atoms with E-state index in [1.807, 2.05) is 0 Å². The monoisotopic (exact) mass is 261 g/mol. The minimum absolute atomic E-state index is 0.0267.